The van der Waals surface area contributed by atoms with E-state index in [4.69, 9.17) is 9.47 Å². The monoisotopic (exact) mass is 362 g/mol. The number of aromatic nitrogens is 1. The summed E-state index contributed by atoms with van der Waals surface area (Å²) >= 11 is 1.66. The van der Waals surface area contributed by atoms with E-state index in [-0.39, 0.29) is 17.6 Å². The molecule has 25 heavy (non-hydrogen) atoms. The molecule has 136 valence electrons. The SMILES string of the molecule is Cc1nc(COC2CCOC3(C2)CN(C(=O)C2=CCCCC2)C3)cs1. The number of rotatable bonds is 4. The molecule has 2 fully saturated rings. The van der Waals surface area contributed by atoms with Crippen LogP contribution in [-0.4, -0.2) is 47.2 Å². The van der Waals surface area contributed by atoms with Crippen molar-refractivity contribution in [1.29, 1.82) is 0 Å². The topological polar surface area (TPSA) is 51.7 Å². The minimum Gasteiger partial charge on any atom is -0.372 e. The minimum absolute atomic E-state index is 0.189. The van der Waals surface area contributed by atoms with Crippen LogP contribution in [0, 0.1) is 6.92 Å². The molecule has 1 amide bonds. The third kappa shape index (κ3) is 3.81. The lowest BCUT2D eigenvalue weighted by Gasteiger charge is -2.53. The second kappa shape index (κ2) is 7.17. The number of hydrogen-bond donors (Lipinski definition) is 0. The summed E-state index contributed by atoms with van der Waals surface area (Å²) in [5.74, 6) is 0.218. The van der Waals surface area contributed by atoms with Gasteiger partial charge in [-0.2, -0.15) is 0 Å². The van der Waals surface area contributed by atoms with Gasteiger partial charge in [0.05, 0.1) is 36.5 Å². The van der Waals surface area contributed by atoms with E-state index in [0.717, 1.165) is 48.4 Å². The average molecular weight is 362 g/mol. The number of aryl methyl sites for hydroxylation is 1. The highest BCUT2D eigenvalue weighted by Crippen LogP contribution is 2.37. The summed E-state index contributed by atoms with van der Waals surface area (Å²) in [7, 11) is 0. The van der Waals surface area contributed by atoms with Gasteiger partial charge in [-0.1, -0.05) is 6.08 Å². The number of allylic oxidation sites excluding steroid dienone is 1. The molecule has 1 aliphatic carbocycles. The van der Waals surface area contributed by atoms with Gasteiger partial charge in [0.15, 0.2) is 0 Å². The molecule has 6 heteroatoms. The van der Waals surface area contributed by atoms with E-state index in [1.807, 2.05) is 11.8 Å². The van der Waals surface area contributed by atoms with E-state index < -0.39 is 0 Å². The van der Waals surface area contributed by atoms with Gasteiger partial charge in [0, 0.05) is 24.0 Å². The molecule has 0 N–H and O–H groups in total. The number of likely N-dealkylation sites (tertiary alicyclic amines) is 1. The zero-order valence-corrected chi connectivity index (χ0v) is 15.6. The van der Waals surface area contributed by atoms with E-state index in [1.54, 1.807) is 11.3 Å². The number of nitrogens with zero attached hydrogens (tertiary/aromatic N) is 2. The predicted molar refractivity (Wildman–Crippen MR) is 96.5 cm³/mol. The van der Waals surface area contributed by atoms with Crippen molar-refractivity contribution in [2.24, 2.45) is 0 Å². The normalized spacial score (nSPS) is 25.6. The summed E-state index contributed by atoms with van der Waals surface area (Å²) in [6.45, 7) is 4.71. The first kappa shape index (κ1) is 17.2. The molecule has 4 rings (SSSR count). The highest BCUT2D eigenvalue weighted by molar-refractivity contribution is 7.09. The Morgan fingerprint density at radius 1 is 1.48 bits per heavy atom. The summed E-state index contributed by atoms with van der Waals surface area (Å²) in [5, 5.41) is 3.14. The first-order valence-corrected chi connectivity index (χ1v) is 10.2. The maximum atomic E-state index is 12.6. The molecule has 1 unspecified atom stereocenters. The highest BCUT2D eigenvalue weighted by Gasteiger charge is 2.49. The smallest absolute Gasteiger partial charge is 0.249 e. The number of thiazole rings is 1. The zero-order chi connectivity index (χ0) is 17.3. The molecule has 1 atom stereocenters. The Bertz CT molecular complexity index is 663. The molecular formula is C19H26N2O3S. The second-order valence-corrected chi connectivity index (χ2v) is 8.51. The average Bonchev–Trinajstić information content (AvgIpc) is 3.03. The van der Waals surface area contributed by atoms with E-state index in [1.165, 1.54) is 6.42 Å². The molecule has 3 heterocycles. The van der Waals surface area contributed by atoms with E-state index in [2.05, 4.69) is 16.4 Å². The maximum Gasteiger partial charge on any atom is 0.249 e. The van der Waals surface area contributed by atoms with Crippen molar-refractivity contribution in [3.05, 3.63) is 27.7 Å². The summed E-state index contributed by atoms with van der Waals surface area (Å²) in [5.41, 5.74) is 1.83. The largest absolute Gasteiger partial charge is 0.372 e. The van der Waals surface area contributed by atoms with Gasteiger partial charge in [-0.25, -0.2) is 4.98 Å². The summed E-state index contributed by atoms with van der Waals surface area (Å²) in [6.07, 6.45) is 8.44. The van der Waals surface area contributed by atoms with Crippen molar-refractivity contribution in [3.8, 4) is 0 Å². The molecule has 0 bridgehead atoms. The van der Waals surface area contributed by atoms with Crippen LogP contribution in [-0.2, 0) is 20.9 Å². The third-order valence-electron chi connectivity index (χ3n) is 5.39. The van der Waals surface area contributed by atoms with Crippen LogP contribution >= 0.6 is 11.3 Å². The van der Waals surface area contributed by atoms with Gasteiger partial charge in [-0.15, -0.1) is 11.3 Å². The van der Waals surface area contributed by atoms with Crippen LogP contribution in [0.4, 0.5) is 0 Å². The van der Waals surface area contributed by atoms with Crippen LogP contribution in [0.3, 0.4) is 0 Å². The van der Waals surface area contributed by atoms with Crippen LogP contribution < -0.4 is 0 Å². The Kier molecular flexibility index (Phi) is 4.93. The van der Waals surface area contributed by atoms with Crippen LogP contribution in [0.15, 0.2) is 17.0 Å². The second-order valence-electron chi connectivity index (χ2n) is 7.45. The number of carbonyl (C=O) groups excluding carboxylic acids is 1. The van der Waals surface area contributed by atoms with Crippen LogP contribution in [0.1, 0.15) is 49.2 Å². The van der Waals surface area contributed by atoms with Gasteiger partial charge in [0.2, 0.25) is 5.91 Å². The number of amides is 1. The Balaban J connectivity index is 1.28. The first-order chi connectivity index (χ1) is 12.1. The molecule has 1 aromatic rings. The van der Waals surface area contributed by atoms with Crippen LogP contribution in [0.2, 0.25) is 0 Å². The lowest BCUT2D eigenvalue weighted by Crippen LogP contribution is -2.67. The van der Waals surface area contributed by atoms with Gasteiger partial charge < -0.3 is 14.4 Å². The molecule has 3 aliphatic rings. The number of carbonyl (C=O) groups is 1. The van der Waals surface area contributed by atoms with Gasteiger partial charge >= 0.3 is 0 Å². The molecule has 0 aromatic carbocycles. The molecule has 1 spiro atoms. The van der Waals surface area contributed by atoms with Crippen molar-refractivity contribution >= 4 is 17.2 Å². The Labute approximate surface area is 153 Å². The standard InChI is InChI=1S/C19H26N2O3S/c1-14-20-16(11-25-14)10-23-17-7-8-24-19(9-17)12-21(13-19)18(22)15-5-3-2-4-6-15/h5,11,17H,2-4,6-10,12-13H2,1H3. The fraction of sp³-hybridized carbons (Fsp3) is 0.684. The van der Waals surface area contributed by atoms with Gasteiger partial charge in [-0.3, -0.25) is 4.79 Å². The lowest BCUT2D eigenvalue weighted by atomic mass is 9.83. The number of hydrogen-bond acceptors (Lipinski definition) is 5. The third-order valence-corrected chi connectivity index (χ3v) is 6.21. The van der Waals surface area contributed by atoms with Gasteiger partial charge in [0.1, 0.15) is 5.60 Å². The highest BCUT2D eigenvalue weighted by atomic mass is 32.1. The Hall–Kier alpha value is -1.24. The molecular weight excluding hydrogens is 336 g/mol. The van der Waals surface area contributed by atoms with Gasteiger partial charge in [-0.05, 0) is 39.0 Å². The summed E-state index contributed by atoms with van der Waals surface area (Å²) in [6, 6.07) is 0. The molecule has 2 aliphatic heterocycles. The summed E-state index contributed by atoms with van der Waals surface area (Å²) in [4.78, 5) is 19.0. The first-order valence-electron chi connectivity index (χ1n) is 9.28. The molecule has 1 aromatic heterocycles. The van der Waals surface area contributed by atoms with Crippen molar-refractivity contribution in [2.45, 2.75) is 63.8 Å². The summed E-state index contributed by atoms with van der Waals surface area (Å²) < 4.78 is 12.1. The molecule has 5 nitrogen and oxygen atoms in total. The van der Waals surface area contributed by atoms with E-state index >= 15 is 0 Å². The lowest BCUT2D eigenvalue weighted by molar-refractivity contribution is -0.200. The van der Waals surface area contributed by atoms with Crippen molar-refractivity contribution in [1.82, 2.24) is 9.88 Å². The predicted octanol–water partition coefficient (Wildman–Crippen LogP) is 3.23. The fourth-order valence-electron chi connectivity index (χ4n) is 4.05. The minimum atomic E-state index is -0.189. The van der Waals surface area contributed by atoms with Crippen LogP contribution in [0.25, 0.3) is 0 Å². The van der Waals surface area contributed by atoms with Crippen molar-refractivity contribution in [3.63, 3.8) is 0 Å². The van der Waals surface area contributed by atoms with E-state index in [9.17, 15) is 4.79 Å². The zero-order valence-electron chi connectivity index (χ0n) is 14.8. The van der Waals surface area contributed by atoms with E-state index in [0.29, 0.717) is 26.3 Å². The molecule has 0 radical (unpaired) electrons. The van der Waals surface area contributed by atoms with Gasteiger partial charge in [0.25, 0.3) is 0 Å². The Morgan fingerprint density at radius 3 is 3.08 bits per heavy atom. The Morgan fingerprint density at radius 2 is 2.36 bits per heavy atom. The fourth-order valence-corrected chi connectivity index (χ4v) is 4.65. The quantitative estimate of drug-likeness (QED) is 0.825. The van der Waals surface area contributed by atoms with Crippen LogP contribution in [0.5, 0.6) is 0 Å². The molecule has 2 saturated heterocycles. The van der Waals surface area contributed by atoms with Crippen molar-refractivity contribution in [2.75, 3.05) is 19.7 Å². The number of ether oxygens (including phenoxy) is 2. The maximum absolute atomic E-state index is 12.6. The molecule has 0 saturated carbocycles. The van der Waals surface area contributed by atoms with Crippen molar-refractivity contribution < 1.29 is 14.3 Å².